The number of rotatable bonds is 9. The lowest BCUT2D eigenvalue weighted by atomic mass is 9.52. The van der Waals surface area contributed by atoms with E-state index in [1.807, 2.05) is 6.08 Å². The number of aromatic hydroxyl groups is 1. The molecule has 4 amide bonds. The minimum Gasteiger partial charge on any atom is -0.502 e. The van der Waals surface area contributed by atoms with Crippen LogP contribution in [0.25, 0.3) is 6.08 Å². The quantitative estimate of drug-likeness (QED) is 0.280. The summed E-state index contributed by atoms with van der Waals surface area (Å²) in [5.74, 6) is -7.06. The molecule has 252 valence electrons. The van der Waals surface area contributed by atoms with Gasteiger partial charge in [0.05, 0.1) is 48.1 Å². The summed E-state index contributed by atoms with van der Waals surface area (Å²) in [4.78, 5) is 69.2. The molecule has 2 aliphatic carbocycles. The lowest BCUT2D eigenvalue weighted by Gasteiger charge is -2.47. The van der Waals surface area contributed by atoms with Crippen molar-refractivity contribution in [1.82, 2.24) is 4.90 Å². The fourth-order valence-corrected chi connectivity index (χ4v) is 8.15. The van der Waals surface area contributed by atoms with E-state index in [4.69, 9.17) is 26.2 Å². The third kappa shape index (κ3) is 5.13. The summed E-state index contributed by atoms with van der Waals surface area (Å²) in [5, 5.41) is 19.3. The van der Waals surface area contributed by atoms with E-state index in [1.54, 1.807) is 31.2 Å². The third-order valence-electron chi connectivity index (χ3n) is 10.4. The van der Waals surface area contributed by atoms with Gasteiger partial charge in [0, 0.05) is 18.9 Å². The standard InChI is InChI=1S/C35H34ClFN2O9/c1-35-22(10-6-17-13-26(47-2)30(42)27(14-17)48-3)19-8-9-20-29(33(45)38(31(20)43)12-4-5-28(40)41)21(19)16-23(35)32(44)39(34(35)46)18-7-11-25(37)24(36)15-18/h6-8,10-11,13-15,20-23,29,42H,4-5,9,12,16H2,1-3H3,(H,40,41). The number of carbonyl (C=O) groups is 5. The summed E-state index contributed by atoms with van der Waals surface area (Å²) >= 11 is 6.05. The number of hydrogen-bond acceptors (Lipinski definition) is 8. The van der Waals surface area contributed by atoms with Gasteiger partial charge in [0.2, 0.25) is 29.4 Å². The summed E-state index contributed by atoms with van der Waals surface area (Å²) in [6, 6.07) is 6.79. The van der Waals surface area contributed by atoms with E-state index in [9.17, 15) is 33.5 Å². The molecule has 3 fully saturated rings. The van der Waals surface area contributed by atoms with Crippen LogP contribution in [0.2, 0.25) is 5.02 Å². The molecule has 0 aromatic heterocycles. The predicted molar refractivity (Wildman–Crippen MR) is 171 cm³/mol. The first kappa shape index (κ1) is 33.2. The molecular weight excluding hydrogens is 647 g/mol. The van der Waals surface area contributed by atoms with Gasteiger partial charge in [-0.1, -0.05) is 35.4 Å². The summed E-state index contributed by atoms with van der Waals surface area (Å²) in [7, 11) is 2.79. The molecule has 13 heteroatoms. The molecule has 48 heavy (non-hydrogen) atoms. The molecule has 2 aromatic rings. The van der Waals surface area contributed by atoms with E-state index >= 15 is 0 Å². The normalized spacial score (nSPS) is 28.0. The molecule has 0 spiro atoms. The van der Waals surface area contributed by atoms with Gasteiger partial charge in [-0.2, -0.15) is 0 Å². The number of phenols is 1. The number of carbonyl (C=O) groups excluding carboxylic acids is 4. The van der Waals surface area contributed by atoms with Crippen molar-refractivity contribution >= 4 is 53.0 Å². The maximum Gasteiger partial charge on any atom is 0.303 e. The monoisotopic (exact) mass is 680 g/mol. The lowest BCUT2D eigenvalue weighted by molar-refractivity contribution is -0.142. The molecule has 2 aliphatic heterocycles. The van der Waals surface area contributed by atoms with Gasteiger partial charge in [0.25, 0.3) is 0 Å². The highest BCUT2D eigenvalue weighted by Gasteiger charge is 2.66. The van der Waals surface area contributed by atoms with Gasteiger partial charge in [-0.05, 0) is 68.0 Å². The Labute approximate surface area is 280 Å². The molecule has 2 saturated heterocycles. The van der Waals surface area contributed by atoms with Gasteiger partial charge in [0.15, 0.2) is 11.5 Å². The molecule has 6 rings (SSSR count). The zero-order chi connectivity index (χ0) is 34.7. The molecule has 0 radical (unpaired) electrons. The summed E-state index contributed by atoms with van der Waals surface area (Å²) in [6.07, 6.45) is 5.68. The van der Waals surface area contributed by atoms with E-state index in [-0.39, 0.29) is 66.1 Å². The van der Waals surface area contributed by atoms with Gasteiger partial charge in [-0.15, -0.1) is 0 Å². The Hall–Kier alpha value is -4.71. The highest BCUT2D eigenvalue weighted by Crippen LogP contribution is 2.61. The number of hydrogen-bond donors (Lipinski definition) is 2. The predicted octanol–water partition coefficient (Wildman–Crippen LogP) is 4.84. The molecule has 1 saturated carbocycles. The Balaban J connectivity index is 1.44. The van der Waals surface area contributed by atoms with Crippen molar-refractivity contribution < 1.29 is 48.0 Å². The second-order valence-corrected chi connectivity index (χ2v) is 13.2. The number of carboxylic acids is 1. The topological polar surface area (TPSA) is 151 Å². The smallest absolute Gasteiger partial charge is 0.303 e. The van der Waals surface area contributed by atoms with Crippen LogP contribution in [0.1, 0.15) is 38.2 Å². The van der Waals surface area contributed by atoms with Gasteiger partial charge in [-0.25, -0.2) is 9.29 Å². The van der Waals surface area contributed by atoms with Crippen LogP contribution in [0.5, 0.6) is 17.2 Å². The van der Waals surface area contributed by atoms with Crippen molar-refractivity contribution in [2.75, 3.05) is 25.7 Å². The van der Waals surface area contributed by atoms with E-state index in [0.717, 1.165) is 21.4 Å². The van der Waals surface area contributed by atoms with Crippen molar-refractivity contribution in [1.29, 1.82) is 0 Å². The molecule has 11 nitrogen and oxygen atoms in total. The van der Waals surface area contributed by atoms with E-state index in [1.165, 1.54) is 26.4 Å². The number of phenolic OH excluding ortho intramolecular Hbond substituents is 1. The van der Waals surface area contributed by atoms with Crippen molar-refractivity contribution in [3.63, 3.8) is 0 Å². The zero-order valence-corrected chi connectivity index (χ0v) is 27.2. The Morgan fingerprint density at radius 1 is 1.06 bits per heavy atom. The second kappa shape index (κ2) is 12.4. The average Bonchev–Trinajstić information content (AvgIpc) is 3.41. The van der Waals surface area contributed by atoms with Crippen LogP contribution in [-0.4, -0.2) is 65.5 Å². The number of fused-ring (bicyclic) bond motifs is 4. The van der Waals surface area contributed by atoms with Crippen LogP contribution < -0.4 is 14.4 Å². The Morgan fingerprint density at radius 2 is 1.75 bits per heavy atom. The molecule has 4 aliphatic rings. The minimum absolute atomic E-state index is 0.0233. The molecule has 2 N–H and O–H groups in total. The van der Waals surface area contributed by atoms with Crippen LogP contribution in [0.4, 0.5) is 10.1 Å². The first-order chi connectivity index (χ1) is 22.8. The number of likely N-dealkylation sites (tertiary alicyclic amines) is 1. The molecule has 2 aromatic carbocycles. The van der Waals surface area contributed by atoms with E-state index < -0.39 is 64.5 Å². The van der Waals surface area contributed by atoms with Crippen LogP contribution in [0, 0.1) is 40.8 Å². The first-order valence-electron chi connectivity index (χ1n) is 15.6. The van der Waals surface area contributed by atoms with Gasteiger partial charge >= 0.3 is 5.97 Å². The van der Waals surface area contributed by atoms with Crippen molar-refractivity contribution in [3.8, 4) is 17.2 Å². The van der Waals surface area contributed by atoms with E-state index in [2.05, 4.69) is 0 Å². The van der Waals surface area contributed by atoms with Gasteiger partial charge in [-0.3, -0.25) is 28.9 Å². The Bertz CT molecular complexity index is 1780. The number of amides is 4. The highest BCUT2D eigenvalue weighted by atomic mass is 35.5. The van der Waals surface area contributed by atoms with Crippen LogP contribution in [0.3, 0.4) is 0 Å². The lowest BCUT2D eigenvalue weighted by Crippen LogP contribution is -2.49. The third-order valence-corrected chi connectivity index (χ3v) is 10.6. The number of anilines is 1. The fraction of sp³-hybridized carbons (Fsp3) is 0.400. The minimum atomic E-state index is -1.33. The largest absolute Gasteiger partial charge is 0.502 e. The number of imide groups is 2. The van der Waals surface area contributed by atoms with Crippen molar-refractivity contribution in [2.45, 2.75) is 32.6 Å². The molecular formula is C35H34ClFN2O9. The second-order valence-electron chi connectivity index (χ2n) is 12.8. The Morgan fingerprint density at radius 3 is 2.38 bits per heavy atom. The van der Waals surface area contributed by atoms with Crippen LogP contribution >= 0.6 is 11.6 Å². The van der Waals surface area contributed by atoms with Crippen LogP contribution in [-0.2, 0) is 24.0 Å². The number of nitrogens with zero attached hydrogens (tertiary/aromatic N) is 2. The average molecular weight is 681 g/mol. The SMILES string of the molecule is COc1cc(C=CC2C3=CCC4C(=O)N(CCCC(=O)O)C(=O)C4C3CC3C(=O)N(c4ccc(F)c(Cl)c4)C(=O)C23C)cc(OC)c1O. The van der Waals surface area contributed by atoms with Gasteiger partial charge in [0.1, 0.15) is 5.82 Å². The van der Waals surface area contributed by atoms with Crippen molar-refractivity contribution in [3.05, 3.63) is 64.5 Å². The number of methoxy groups -OCH3 is 2. The number of carboxylic acid groups (broad SMARTS) is 1. The number of benzene rings is 2. The number of allylic oxidation sites excluding steroid dienone is 3. The van der Waals surface area contributed by atoms with Gasteiger partial charge < -0.3 is 19.7 Å². The Kier molecular flexibility index (Phi) is 8.57. The number of aliphatic carboxylic acids is 1. The van der Waals surface area contributed by atoms with Crippen molar-refractivity contribution in [2.24, 2.45) is 35.0 Å². The molecule has 6 atom stereocenters. The summed E-state index contributed by atoms with van der Waals surface area (Å²) < 4.78 is 24.7. The van der Waals surface area contributed by atoms with Crippen LogP contribution in [0.15, 0.2) is 48.1 Å². The number of ether oxygens (including phenoxy) is 2. The van der Waals surface area contributed by atoms with E-state index in [0.29, 0.717) is 5.56 Å². The first-order valence-corrected chi connectivity index (χ1v) is 15.9. The zero-order valence-electron chi connectivity index (χ0n) is 26.4. The maximum atomic E-state index is 14.4. The maximum absolute atomic E-state index is 14.4. The fourth-order valence-electron chi connectivity index (χ4n) is 7.98. The number of halogens is 2. The highest BCUT2D eigenvalue weighted by molar-refractivity contribution is 6.31. The summed E-state index contributed by atoms with van der Waals surface area (Å²) in [5.41, 5.74) is 0.0994. The summed E-state index contributed by atoms with van der Waals surface area (Å²) in [6.45, 7) is 1.68. The molecule has 6 unspecified atom stereocenters. The molecule has 0 bridgehead atoms. The molecule has 2 heterocycles.